The van der Waals surface area contributed by atoms with Gasteiger partial charge in [-0.25, -0.2) is 4.98 Å². The minimum Gasteiger partial charge on any atom is -0.493 e. The zero-order valence-corrected chi connectivity index (χ0v) is 19.4. The minimum atomic E-state index is -0.224. The molecular weight excluding hydrogens is 446 g/mol. The minimum absolute atomic E-state index is 0.0856. The number of methoxy groups -OCH3 is 2. The topological polar surface area (TPSA) is 82.5 Å². The number of carbonyl (C=O) groups is 1. The average Bonchev–Trinajstić information content (AvgIpc) is 3.26. The summed E-state index contributed by atoms with van der Waals surface area (Å²) >= 11 is 2.58. The maximum absolute atomic E-state index is 13.2. The molecule has 4 aromatic rings. The van der Waals surface area contributed by atoms with Crippen molar-refractivity contribution in [1.82, 2.24) is 9.55 Å². The van der Waals surface area contributed by atoms with Gasteiger partial charge in [0.1, 0.15) is 4.70 Å². The van der Waals surface area contributed by atoms with E-state index in [2.05, 4.69) is 10.3 Å². The van der Waals surface area contributed by atoms with Gasteiger partial charge in [-0.15, -0.1) is 11.3 Å². The van der Waals surface area contributed by atoms with Crippen LogP contribution >= 0.6 is 23.1 Å². The Hall–Kier alpha value is -3.30. The predicted octanol–water partition coefficient (Wildman–Crippen LogP) is 4.50. The van der Waals surface area contributed by atoms with Gasteiger partial charge in [0.25, 0.3) is 5.56 Å². The standard InChI is InChI=1S/C23H21N3O4S2/c1-14-5-4-6-16(11-14)26-22(28)21-17(9-10-31-21)25-23(26)32-13-20(27)24-15-7-8-18(29-2)19(12-15)30-3/h4-12H,13H2,1-3H3,(H,24,27). The number of nitrogens with zero attached hydrogens (tertiary/aromatic N) is 2. The molecule has 0 bridgehead atoms. The van der Waals surface area contributed by atoms with Gasteiger partial charge in [-0.05, 0) is 48.2 Å². The number of anilines is 1. The lowest BCUT2D eigenvalue weighted by atomic mass is 10.2. The van der Waals surface area contributed by atoms with Crippen molar-refractivity contribution >= 4 is 44.9 Å². The fourth-order valence-electron chi connectivity index (χ4n) is 3.22. The third-order valence-electron chi connectivity index (χ3n) is 4.71. The van der Waals surface area contributed by atoms with Crippen molar-refractivity contribution in [2.24, 2.45) is 0 Å². The Kier molecular flexibility index (Phi) is 6.48. The highest BCUT2D eigenvalue weighted by atomic mass is 32.2. The lowest BCUT2D eigenvalue weighted by Gasteiger charge is -2.13. The summed E-state index contributed by atoms with van der Waals surface area (Å²) in [5.74, 6) is 0.964. The van der Waals surface area contributed by atoms with Crippen LogP contribution in [0.3, 0.4) is 0 Å². The average molecular weight is 468 g/mol. The summed E-state index contributed by atoms with van der Waals surface area (Å²) in [6, 6.07) is 14.6. The molecule has 0 spiro atoms. The molecule has 0 aliphatic rings. The molecule has 2 aromatic carbocycles. The molecule has 32 heavy (non-hydrogen) atoms. The second kappa shape index (κ2) is 9.46. The number of fused-ring (bicyclic) bond motifs is 1. The molecule has 0 radical (unpaired) electrons. The summed E-state index contributed by atoms with van der Waals surface area (Å²) in [4.78, 5) is 30.5. The molecule has 0 unspecified atom stereocenters. The Bertz CT molecular complexity index is 1350. The number of carbonyl (C=O) groups excluding carboxylic acids is 1. The van der Waals surface area contributed by atoms with Gasteiger partial charge in [0.15, 0.2) is 16.7 Å². The second-order valence-electron chi connectivity index (χ2n) is 6.92. The molecule has 9 heteroatoms. The first-order valence-corrected chi connectivity index (χ1v) is 11.6. The molecule has 0 fully saturated rings. The van der Waals surface area contributed by atoms with Crippen molar-refractivity contribution in [2.75, 3.05) is 25.3 Å². The molecule has 0 aliphatic heterocycles. The largest absolute Gasteiger partial charge is 0.493 e. The number of thioether (sulfide) groups is 1. The SMILES string of the molecule is COc1ccc(NC(=O)CSc2nc3ccsc3c(=O)n2-c2cccc(C)c2)cc1OC. The highest BCUT2D eigenvalue weighted by Crippen LogP contribution is 2.30. The number of ether oxygens (including phenoxy) is 2. The van der Waals surface area contributed by atoms with E-state index in [0.717, 1.165) is 11.3 Å². The Morgan fingerprint density at radius 1 is 1.12 bits per heavy atom. The van der Waals surface area contributed by atoms with Crippen LogP contribution in [-0.4, -0.2) is 35.4 Å². The normalized spacial score (nSPS) is 10.8. The first-order valence-electron chi connectivity index (χ1n) is 9.72. The van der Waals surface area contributed by atoms with E-state index >= 15 is 0 Å². The van der Waals surface area contributed by atoms with Crippen LogP contribution in [0.15, 0.2) is 63.9 Å². The van der Waals surface area contributed by atoms with Gasteiger partial charge in [-0.1, -0.05) is 23.9 Å². The number of benzene rings is 2. The summed E-state index contributed by atoms with van der Waals surface area (Å²) in [5, 5.41) is 5.16. The highest BCUT2D eigenvalue weighted by Gasteiger charge is 2.16. The van der Waals surface area contributed by atoms with Crippen LogP contribution in [-0.2, 0) is 4.79 Å². The van der Waals surface area contributed by atoms with Gasteiger partial charge in [-0.3, -0.25) is 14.2 Å². The second-order valence-corrected chi connectivity index (χ2v) is 8.77. The zero-order chi connectivity index (χ0) is 22.7. The molecule has 0 saturated heterocycles. The number of hydrogen-bond donors (Lipinski definition) is 1. The number of nitrogens with one attached hydrogen (secondary N) is 1. The van der Waals surface area contributed by atoms with E-state index in [4.69, 9.17) is 9.47 Å². The van der Waals surface area contributed by atoms with Crippen LogP contribution in [0, 0.1) is 6.92 Å². The Morgan fingerprint density at radius 3 is 2.69 bits per heavy atom. The van der Waals surface area contributed by atoms with Gasteiger partial charge in [0.05, 0.1) is 31.2 Å². The van der Waals surface area contributed by atoms with E-state index < -0.39 is 0 Å². The molecule has 1 N–H and O–H groups in total. The van der Waals surface area contributed by atoms with Gasteiger partial charge < -0.3 is 14.8 Å². The summed E-state index contributed by atoms with van der Waals surface area (Å²) in [6.45, 7) is 1.97. The first kappa shape index (κ1) is 21.9. The van der Waals surface area contributed by atoms with Crippen molar-refractivity contribution < 1.29 is 14.3 Å². The maximum Gasteiger partial charge on any atom is 0.276 e. The number of hydrogen-bond acceptors (Lipinski definition) is 7. The Balaban J connectivity index is 1.60. The summed E-state index contributed by atoms with van der Waals surface area (Å²) in [6.07, 6.45) is 0. The summed E-state index contributed by atoms with van der Waals surface area (Å²) in [5.41, 5.74) is 2.83. The van der Waals surface area contributed by atoms with Crippen molar-refractivity contribution in [3.05, 3.63) is 69.8 Å². The van der Waals surface area contributed by atoms with Crippen molar-refractivity contribution in [3.8, 4) is 17.2 Å². The van der Waals surface area contributed by atoms with Crippen LogP contribution in [0.25, 0.3) is 15.9 Å². The number of rotatable bonds is 7. The molecule has 0 saturated carbocycles. The molecule has 2 heterocycles. The lowest BCUT2D eigenvalue weighted by molar-refractivity contribution is -0.113. The van der Waals surface area contributed by atoms with E-state index in [1.807, 2.05) is 42.6 Å². The predicted molar refractivity (Wildman–Crippen MR) is 129 cm³/mol. The third kappa shape index (κ3) is 4.49. The van der Waals surface area contributed by atoms with Crippen molar-refractivity contribution in [3.63, 3.8) is 0 Å². The number of aromatic nitrogens is 2. The van der Waals surface area contributed by atoms with Gasteiger partial charge in [0, 0.05) is 11.8 Å². The fourth-order valence-corrected chi connectivity index (χ4v) is 4.80. The molecule has 4 rings (SSSR count). The molecule has 7 nitrogen and oxygen atoms in total. The Morgan fingerprint density at radius 2 is 1.94 bits per heavy atom. The quantitative estimate of drug-likeness (QED) is 0.318. The van der Waals surface area contributed by atoms with Gasteiger partial charge in [-0.2, -0.15) is 0 Å². The maximum atomic E-state index is 13.2. The van der Waals surface area contributed by atoms with Crippen molar-refractivity contribution in [2.45, 2.75) is 12.1 Å². The van der Waals surface area contributed by atoms with E-state index in [-0.39, 0.29) is 17.2 Å². The van der Waals surface area contributed by atoms with E-state index in [1.54, 1.807) is 29.9 Å². The molecule has 1 amide bonds. The van der Waals surface area contributed by atoms with E-state index in [1.165, 1.54) is 30.2 Å². The van der Waals surface area contributed by atoms with Crippen LogP contribution < -0.4 is 20.3 Å². The lowest BCUT2D eigenvalue weighted by Crippen LogP contribution is -2.22. The van der Waals surface area contributed by atoms with E-state index in [0.29, 0.717) is 32.6 Å². The van der Waals surface area contributed by atoms with Crippen LogP contribution in [0.5, 0.6) is 11.5 Å². The Labute approximate surface area is 193 Å². The van der Waals surface area contributed by atoms with Crippen LogP contribution in [0.1, 0.15) is 5.56 Å². The van der Waals surface area contributed by atoms with Gasteiger partial charge in [0.2, 0.25) is 5.91 Å². The fraction of sp³-hybridized carbons (Fsp3) is 0.174. The van der Waals surface area contributed by atoms with E-state index in [9.17, 15) is 9.59 Å². The monoisotopic (exact) mass is 467 g/mol. The number of thiophene rings is 1. The molecule has 164 valence electrons. The smallest absolute Gasteiger partial charge is 0.276 e. The first-order chi connectivity index (χ1) is 15.5. The summed E-state index contributed by atoms with van der Waals surface area (Å²) < 4.78 is 12.7. The zero-order valence-electron chi connectivity index (χ0n) is 17.7. The molecule has 2 aromatic heterocycles. The van der Waals surface area contributed by atoms with Crippen molar-refractivity contribution in [1.29, 1.82) is 0 Å². The summed E-state index contributed by atoms with van der Waals surface area (Å²) in [7, 11) is 3.09. The van der Waals surface area contributed by atoms with Crippen LogP contribution in [0.4, 0.5) is 5.69 Å². The molecular formula is C23H21N3O4S2. The third-order valence-corrected chi connectivity index (χ3v) is 6.54. The molecule has 0 aliphatic carbocycles. The number of aryl methyl sites for hydroxylation is 1. The molecule has 0 atom stereocenters. The highest BCUT2D eigenvalue weighted by molar-refractivity contribution is 7.99. The van der Waals surface area contributed by atoms with Gasteiger partial charge >= 0.3 is 0 Å². The van der Waals surface area contributed by atoms with Crippen LogP contribution in [0.2, 0.25) is 0 Å². The number of amides is 1.